The van der Waals surface area contributed by atoms with Crippen LogP contribution in [0.4, 0.5) is 0 Å². The standard InChI is InChI=1S/C30H43N7O7S/c1-45(43,44)22-12-10-20(11-13-22)27(40)33-23(16-19-8-4-2-5-9-19)29(42)37-18-21(35-36-32)17-24(37)28(41)34-30(25(38)26(31)39)14-6-3-7-15-30/h10-13,19,21,23-25,38H,2-9,14-18H2,1H3,(H2,31,39)(H,33,40)(H,34,41)/t21-,23?,24-,25?/m0/s1. The Hall–Kier alpha value is -3.68. The van der Waals surface area contributed by atoms with Crippen LogP contribution in [0.25, 0.3) is 10.4 Å². The van der Waals surface area contributed by atoms with Crippen LogP contribution in [0.2, 0.25) is 0 Å². The van der Waals surface area contributed by atoms with E-state index in [1.54, 1.807) is 0 Å². The summed E-state index contributed by atoms with van der Waals surface area (Å²) >= 11 is 0. The second kappa shape index (κ2) is 14.6. The average molecular weight is 646 g/mol. The third kappa shape index (κ3) is 8.33. The molecule has 4 rings (SSSR count). The molecule has 3 aliphatic rings. The summed E-state index contributed by atoms with van der Waals surface area (Å²) in [6.45, 7) is -0.0492. The van der Waals surface area contributed by atoms with E-state index < -0.39 is 63.2 Å². The average Bonchev–Trinajstić information content (AvgIpc) is 3.45. The molecule has 14 nitrogen and oxygen atoms in total. The number of nitrogens with two attached hydrogens (primary N) is 1. The zero-order valence-corrected chi connectivity index (χ0v) is 26.4. The van der Waals surface area contributed by atoms with Crippen LogP contribution in [0, 0.1) is 5.92 Å². The summed E-state index contributed by atoms with van der Waals surface area (Å²) < 4.78 is 23.7. The van der Waals surface area contributed by atoms with Crippen LogP contribution in [-0.4, -0.2) is 84.6 Å². The number of hydrogen-bond donors (Lipinski definition) is 4. The van der Waals surface area contributed by atoms with Crippen LogP contribution in [0.3, 0.4) is 0 Å². The lowest BCUT2D eigenvalue weighted by Gasteiger charge is -2.41. The smallest absolute Gasteiger partial charge is 0.251 e. The predicted octanol–water partition coefficient (Wildman–Crippen LogP) is 2.10. The maximum atomic E-state index is 14.2. The molecule has 1 aromatic rings. The first-order valence-corrected chi connectivity index (χ1v) is 17.5. The van der Waals surface area contributed by atoms with Crippen molar-refractivity contribution in [3.05, 3.63) is 40.3 Å². The molecule has 4 atom stereocenters. The number of nitrogens with one attached hydrogen (secondary N) is 2. The van der Waals surface area contributed by atoms with Crippen molar-refractivity contribution in [1.82, 2.24) is 15.5 Å². The maximum Gasteiger partial charge on any atom is 0.251 e. The quantitative estimate of drug-likeness (QED) is 0.159. The van der Waals surface area contributed by atoms with Crippen molar-refractivity contribution < 1.29 is 32.7 Å². The number of primary amides is 1. The summed E-state index contributed by atoms with van der Waals surface area (Å²) in [6.07, 6.45) is 7.58. The van der Waals surface area contributed by atoms with Crippen LogP contribution >= 0.6 is 0 Å². The van der Waals surface area contributed by atoms with Gasteiger partial charge in [0.15, 0.2) is 15.9 Å². The van der Waals surface area contributed by atoms with E-state index in [9.17, 15) is 32.7 Å². The molecule has 15 heteroatoms. The molecule has 3 fully saturated rings. The zero-order chi connectivity index (χ0) is 32.8. The van der Waals surface area contributed by atoms with Crippen molar-refractivity contribution >= 4 is 33.5 Å². The van der Waals surface area contributed by atoms with Crippen molar-refractivity contribution in [3.63, 3.8) is 0 Å². The van der Waals surface area contributed by atoms with E-state index in [0.717, 1.165) is 44.8 Å². The highest BCUT2D eigenvalue weighted by atomic mass is 32.2. The highest BCUT2D eigenvalue weighted by molar-refractivity contribution is 7.90. The van der Waals surface area contributed by atoms with Crippen LogP contribution in [0.5, 0.6) is 0 Å². The van der Waals surface area contributed by atoms with Gasteiger partial charge < -0.3 is 26.4 Å². The molecular formula is C30H43N7O7S. The minimum absolute atomic E-state index is 0.0292. The molecular weight excluding hydrogens is 602 g/mol. The Balaban J connectivity index is 1.60. The predicted molar refractivity (Wildman–Crippen MR) is 164 cm³/mol. The van der Waals surface area contributed by atoms with Crippen LogP contribution in [0.1, 0.15) is 87.4 Å². The molecule has 4 amide bonds. The number of benzene rings is 1. The van der Waals surface area contributed by atoms with Gasteiger partial charge in [-0.05, 0) is 61.4 Å². The Labute approximate surface area is 263 Å². The molecule has 1 aromatic carbocycles. The number of aliphatic hydroxyl groups excluding tert-OH is 1. The summed E-state index contributed by atoms with van der Waals surface area (Å²) in [4.78, 5) is 57.7. The molecule has 2 unspecified atom stereocenters. The van der Waals surface area contributed by atoms with E-state index in [-0.39, 0.29) is 29.3 Å². The molecule has 2 aliphatic carbocycles. The number of aliphatic hydroxyl groups is 1. The van der Waals surface area contributed by atoms with Gasteiger partial charge in [-0.1, -0.05) is 56.5 Å². The van der Waals surface area contributed by atoms with Gasteiger partial charge >= 0.3 is 0 Å². The molecule has 45 heavy (non-hydrogen) atoms. The van der Waals surface area contributed by atoms with Crippen molar-refractivity contribution in [3.8, 4) is 0 Å². The van der Waals surface area contributed by atoms with Crippen molar-refractivity contribution in [2.24, 2.45) is 16.8 Å². The van der Waals surface area contributed by atoms with Crippen LogP contribution in [0.15, 0.2) is 34.3 Å². The van der Waals surface area contributed by atoms with Gasteiger partial charge in [-0.15, -0.1) is 0 Å². The highest BCUT2D eigenvalue weighted by Crippen LogP contribution is 2.33. The van der Waals surface area contributed by atoms with Gasteiger partial charge in [0.05, 0.1) is 16.5 Å². The van der Waals surface area contributed by atoms with Crippen LogP contribution in [-0.2, 0) is 24.2 Å². The van der Waals surface area contributed by atoms with Gasteiger partial charge in [-0.2, -0.15) is 0 Å². The molecule has 1 heterocycles. The van der Waals surface area contributed by atoms with Crippen molar-refractivity contribution in [2.75, 3.05) is 12.8 Å². The van der Waals surface area contributed by atoms with Gasteiger partial charge in [-0.3, -0.25) is 19.2 Å². The van der Waals surface area contributed by atoms with E-state index in [0.29, 0.717) is 32.1 Å². The van der Waals surface area contributed by atoms with Crippen molar-refractivity contribution in [2.45, 2.75) is 112 Å². The molecule has 0 aromatic heterocycles. The number of hydrogen-bond acceptors (Lipinski definition) is 8. The molecule has 246 valence electrons. The normalized spacial score (nSPS) is 23.3. The lowest BCUT2D eigenvalue weighted by molar-refractivity contribution is -0.143. The third-order valence-electron chi connectivity index (χ3n) is 9.43. The van der Waals surface area contributed by atoms with E-state index in [4.69, 9.17) is 11.3 Å². The fourth-order valence-corrected chi connectivity index (χ4v) is 7.62. The summed E-state index contributed by atoms with van der Waals surface area (Å²) in [6, 6.07) is 2.63. The molecule has 5 N–H and O–H groups in total. The Morgan fingerprint density at radius 3 is 2.29 bits per heavy atom. The number of carbonyl (C=O) groups is 4. The lowest BCUT2D eigenvalue weighted by Crippen LogP contribution is -2.64. The largest absolute Gasteiger partial charge is 0.381 e. The fourth-order valence-electron chi connectivity index (χ4n) is 6.99. The Morgan fingerprint density at radius 2 is 1.71 bits per heavy atom. The fraction of sp³-hybridized carbons (Fsp3) is 0.667. The van der Waals surface area contributed by atoms with Crippen LogP contribution < -0.4 is 16.4 Å². The number of carbonyl (C=O) groups excluding carboxylic acids is 4. The van der Waals surface area contributed by atoms with E-state index >= 15 is 0 Å². The van der Waals surface area contributed by atoms with Gasteiger partial charge in [0.2, 0.25) is 17.7 Å². The highest BCUT2D eigenvalue weighted by Gasteiger charge is 2.48. The number of likely N-dealkylation sites (tertiary alicyclic amines) is 1. The summed E-state index contributed by atoms with van der Waals surface area (Å²) in [5.74, 6) is -2.46. The number of rotatable bonds is 11. The second-order valence-corrected chi connectivity index (χ2v) is 14.7. The Morgan fingerprint density at radius 1 is 1.09 bits per heavy atom. The molecule has 1 aliphatic heterocycles. The number of nitrogens with zero attached hydrogens (tertiary/aromatic N) is 4. The van der Waals surface area contributed by atoms with E-state index in [2.05, 4.69) is 20.7 Å². The lowest BCUT2D eigenvalue weighted by atomic mass is 9.77. The number of amides is 4. The Bertz CT molecular complexity index is 1420. The number of azide groups is 1. The van der Waals surface area contributed by atoms with Gasteiger partial charge in [0, 0.05) is 23.3 Å². The van der Waals surface area contributed by atoms with E-state index in [1.807, 2.05) is 0 Å². The summed E-state index contributed by atoms with van der Waals surface area (Å²) in [7, 11) is -3.47. The van der Waals surface area contributed by atoms with Gasteiger partial charge in [0.1, 0.15) is 12.1 Å². The SMILES string of the molecule is CS(=O)(=O)c1ccc(C(=O)NC(CC2CCCCC2)C(=O)N2C[C@@H](N=[N+]=[N-])C[C@H]2C(=O)NC2(C(O)C(N)=O)CCCCC2)cc1. The monoisotopic (exact) mass is 645 g/mol. The minimum atomic E-state index is -3.47. The molecule has 0 radical (unpaired) electrons. The first kappa shape index (κ1) is 34.2. The first-order chi connectivity index (χ1) is 21.3. The zero-order valence-electron chi connectivity index (χ0n) is 25.6. The molecule has 0 spiro atoms. The second-order valence-electron chi connectivity index (χ2n) is 12.7. The van der Waals surface area contributed by atoms with Gasteiger partial charge in [0.25, 0.3) is 5.91 Å². The third-order valence-corrected chi connectivity index (χ3v) is 10.6. The maximum absolute atomic E-state index is 14.2. The summed E-state index contributed by atoms with van der Waals surface area (Å²) in [5, 5.41) is 20.2. The topological polar surface area (TPSA) is 225 Å². The van der Waals surface area contributed by atoms with Gasteiger partial charge in [-0.25, -0.2) is 8.42 Å². The Kier molecular flexibility index (Phi) is 11.1. The molecule has 0 bridgehead atoms. The minimum Gasteiger partial charge on any atom is -0.381 e. The molecule has 2 saturated carbocycles. The summed E-state index contributed by atoms with van der Waals surface area (Å²) in [5.41, 5.74) is 13.5. The molecule has 1 saturated heterocycles. The first-order valence-electron chi connectivity index (χ1n) is 15.6. The van der Waals surface area contributed by atoms with Crippen molar-refractivity contribution in [1.29, 1.82) is 0 Å². The van der Waals surface area contributed by atoms with E-state index in [1.165, 1.54) is 29.2 Å². The number of sulfone groups is 1.